The van der Waals surface area contributed by atoms with E-state index >= 15 is 0 Å². The van der Waals surface area contributed by atoms with E-state index in [0.29, 0.717) is 0 Å². The van der Waals surface area contributed by atoms with Gasteiger partial charge in [-0.1, -0.05) is 18.2 Å². The number of hydrogen-bond donors (Lipinski definition) is 2. The van der Waals surface area contributed by atoms with E-state index in [1.165, 1.54) is 0 Å². The van der Waals surface area contributed by atoms with Gasteiger partial charge in [0.2, 0.25) is 11.8 Å². The zero-order chi connectivity index (χ0) is 15.7. The lowest BCUT2D eigenvalue weighted by atomic mass is 9.87. The van der Waals surface area contributed by atoms with Crippen LogP contribution in [0.5, 0.6) is 0 Å². The molecule has 5 nitrogen and oxygen atoms in total. The third-order valence-corrected chi connectivity index (χ3v) is 4.74. The van der Waals surface area contributed by atoms with Crippen LogP contribution in [0.1, 0.15) is 44.1 Å². The highest BCUT2D eigenvalue weighted by molar-refractivity contribution is 6.01. The molecule has 0 bridgehead atoms. The third-order valence-electron chi connectivity index (χ3n) is 4.74. The average Bonchev–Trinajstić information content (AvgIpc) is 2.53. The quantitative estimate of drug-likeness (QED) is 0.869. The summed E-state index contributed by atoms with van der Waals surface area (Å²) in [7, 11) is 0. The molecule has 3 unspecified atom stereocenters. The number of amides is 2. The van der Waals surface area contributed by atoms with Crippen LogP contribution in [-0.4, -0.2) is 35.3 Å². The van der Waals surface area contributed by atoms with Gasteiger partial charge in [0.05, 0.1) is 5.92 Å². The Bertz CT molecular complexity index is 591. The molecule has 3 rings (SSSR count). The second-order valence-electron chi connectivity index (χ2n) is 6.35. The number of piperidine rings is 1. The number of para-hydroxylation sites is 1. The van der Waals surface area contributed by atoms with Gasteiger partial charge in [-0.2, -0.15) is 0 Å². The molecule has 3 atom stereocenters. The molecule has 1 aromatic rings. The van der Waals surface area contributed by atoms with Crippen LogP contribution in [0, 0.1) is 0 Å². The van der Waals surface area contributed by atoms with Crippen molar-refractivity contribution < 1.29 is 9.59 Å². The van der Waals surface area contributed by atoms with Crippen molar-refractivity contribution in [3.8, 4) is 0 Å². The molecule has 1 aromatic carbocycles. The number of anilines is 1. The van der Waals surface area contributed by atoms with Crippen LogP contribution in [0.25, 0.3) is 0 Å². The molecule has 1 saturated heterocycles. The lowest BCUT2D eigenvalue weighted by Gasteiger charge is -2.40. The minimum Gasteiger partial charge on any atom is -0.338 e. The second-order valence-corrected chi connectivity index (χ2v) is 6.35. The molecular formula is C17H24ClN3O2. The van der Waals surface area contributed by atoms with Crippen LogP contribution in [0.4, 0.5) is 5.69 Å². The van der Waals surface area contributed by atoms with E-state index in [1.54, 1.807) is 0 Å². The molecule has 0 radical (unpaired) electrons. The van der Waals surface area contributed by atoms with Crippen LogP contribution in [0.15, 0.2) is 24.3 Å². The summed E-state index contributed by atoms with van der Waals surface area (Å²) in [4.78, 5) is 26.9. The number of halogens is 1. The van der Waals surface area contributed by atoms with E-state index in [9.17, 15) is 9.59 Å². The lowest BCUT2D eigenvalue weighted by molar-refractivity contribution is -0.138. The largest absolute Gasteiger partial charge is 0.338 e. The van der Waals surface area contributed by atoms with Crippen molar-refractivity contribution in [2.24, 2.45) is 5.73 Å². The Labute approximate surface area is 143 Å². The van der Waals surface area contributed by atoms with Crippen LogP contribution in [0.2, 0.25) is 0 Å². The molecule has 126 valence electrons. The lowest BCUT2D eigenvalue weighted by Crippen LogP contribution is -2.53. The van der Waals surface area contributed by atoms with Crippen molar-refractivity contribution in [3.63, 3.8) is 0 Å². The van der Waals surface area contributed by atoms with Crippen molar-refractivity contribution in [3.05, 3.63) is 29.8 Å². The second kappa shape index (κ2) is 7.32. The highest BCUT2D eigenvalue weighted by atomic mass is 35.5. The number of carbonyl (C=O) groups is 2. The molecule has 2 heterocycles. The highest BCUT2D eigenvalue weighted by Crippen LogP contribution is 2.35. The number of nitrogens with two attached hydrogens (primary N) is 1. The minimum atomic E-state index is -0.385. The summed E-state index contributed by atoms with van der Waals surface area (Å²) in [6.07, 6.45) is 3.29. The van der Waals surface area contributed by atoms with E-state index in [2.05, 4.69) is 5.32 Å². The maximum Gasteiger partial charge on any atom is 0.231 e. The fourth-order valence-electron chi connectivity index (χ4n) is 3.61. The first-order chi connectivity index (χ1) is 10.6. The zero-order valence-electron chi connectivity index (χ0n) is 13.3. The average molecular weight is 338 g/mol. The van der Waals surface area contributed by atoms with Crippen molar-refractivity contribution in [2.75, 3.05) is 11.9 Å². The van der Waals surface area contributed by atoms with Crippen molar-refractivity contribution in [1.29, 1.82) is 0 Å². The fraction of sp³-hybridized carbons (Fsp3) is 0.529. The molecule has 0 aliphatic carbocycles. The van der Waals surface area contributed by atoms with Crippen LogP contribution in [-0.2, 0) is 9.59 Å². The summed E-state index contributed by atoms with van der Waals surface area (Å²) in [5, 5.41) is 2.85. The number of fused-ring (bicyclic) bond motifs is 1. The van der Waals surface area contributed by atoms with Gasteiger partial charge in [0, 0.05) is 30.7 Å². The number of likely N-dealkylation sites (tertiary alicyclic amines) is 1. The maximum absolute atomic E-state index is 13.1. The highest BCUT2D eigenvalue weighted by Gasteiger charge is 2.37. The molecule has 2 amide bonds. The summed E-state index contributed by atoms with van der Waals surface area (Å²) in [6, 6.07) is 7.61. The fourth-order valence-corrected chi connectivity index (χ4v) is 3.61. The monoisotopic (exact) mass is 337 g/mol. The first-order valence-corrected chi connectivity index (χ1v) is 8.03. The zero-order valence-corrected chi connectivity index (χ0v) is 14.1. The predicted octanol–water partition coefficient (Wildman–Crippen LogP) is 2.26. The van der Waals surface area contributed by atoms with Gasteiger partial charge < -0.3 is 16.0 Å². The van der Waals surface area contributed by atoms with Gasteiger partial charge in [0.25, 0.3) is 0 Å². The number of carbonyl (C=O) groups excluding carboxylic acids is 2. The Hall–Kier alpha value is -1.59. The number of nitrogens with one attached hydrogen (secondary N) is 1. The topological polar surface area (TPSA) is 75.4 Å². The molecule has 2 aliphatic rings. The first kappa shape index (κ1) is 17.8. The number of hydrogen-bond acceptors (Lipinski definition) is 3. The number of rotatable bonds is 2. The third kappa shape index (κ3) is 3.51. The van der Waals surface area contributed by atoms with Gasteiger partial charge in [-0.25, -0.2) is 0 Å². The Morgan fingerprint density at radius 1 is 1.35 bits per heavy atom. The molecule has 3 N–H and O–H groups in total. The predicted molar refractivity (Wildman–Crippen MR) is 92.7 cm³/mol. The Kier molecular flexibility index (Phi) is 5.65. The van der Waals surface area contributed by atoms with Crippen molar-refractivity contribution in [1.82, 2.24) is 4.90 Å². The van der Waals surface area contributed by atoms with Crippen molar-refractivity contribution >= 4 is 29.9 Å². The van der Waals surface area contributed by atoms with Gasteiger partial charge in [-0.3, -0.25) is 9.59 Å². The summed E-state index contributed by atoms with van der Waals surface area (Å²) in [5.41, 5.74) is 7.75. The molecular weight excluding hydrogens is 314 g/mol. The Morgan fingerprint density at radius 2 is 2.09 bits per heavy atom. The summed E-state index contributed by atoms with van der Waals surface area (Å²) < 4.78 is 0. The van der Waals surface area contributed by atoms with Crippen LogP contribution >= 0.6 is 12.4 Å². The van der Waals surface area contributed by atoms with E-state index in [4.69, 9.17) is 5.73 Å². The smallest absolute Gasteiger partial charge is 0.231 e. The molecule has 23 heavy (non-hydrogen) atoms. The van der Waals surface area contributed by atoms with Gasteiger partial charge in [0.1, 0.15) is 0 Å². The minimum absolute atomic E-state index is 0. The van der Waals surface area contributed by atoms with Crippen molar-refractivity contribution in [2.45, 2.75) is 50.6 Å². The normalized spacial score (nSPS) is 25.0. The maximum atomic E-state index is 13.1. The molecule has 0 aromatic heterocycles. The van der Waals surface area contributed by atoms with Gasteiger partial charge in [-0.05, 0) is 37.8 Å². The first-order valence-electron chi connectivity index (χ1n) is 8.03. The van der Waals surface area contributed by atoms with E-state index < -0.39 is 0 Å². The summed E-state index contributed by atoms with van der Waals surface area (Å²) >= 11 is 0. The molecule has 2 aliphatic heterocycles. The summed E-state index contributed by atoms with van der Waals surface area (Å²) in [5.74, 6) is -0.431. The Morgan fingerprint density at radius 3 is 2.83 bits per heavy atom. The van der Waals surface area contributed by atoms with Crippen LogP contribution < -0.4 is 11.1 Å². The van der Waals surface area contributed by atoms with E-state index in [0.717, 1.165) is 37.1 Å². The molecule has 0 spiro atoms. The number of benzene rings is 1. The van der Waals surface area contributed by atoms with E-state index in [1.807, 2.05) is 36.1 Å². The molecule has 1 fully saturated rings. The van der Waals surface area contributed by atoms with Gasteiger partial charge in [0.15, 0.2) is 0 Å². The number of nitrogens with zero attached hydrogens (tertiary/aromatic N) is 1. The SMILES string of the molecule is CC(N)C1CCCCN1C(=O)C1CC(=O)Nc2ccccc21.Cl. The van der Waals surface area contributed by atoms with E-state index in [-0.39, 0.29) is 48.6 Å². The Balaban J connectivity index is 0.00000192. The van der Waals surface area contributed by atoms with Crippen LogP contribution in [0.3, 0.4) is 0 Å². The standard InChI is InChI=1S/C17H23N3O2.ClH/c1-11(18)15-8-4-5-9-20(15)17(22)13-10-16(21)19-14-7-3-2-6-12(13)14;/h2-3,6-7,11,13,15H,4-5,8-10,18H2,1H3,(H,19,21);1H. The summed E-state index contributed by atoms with van der Waals surface area (Å²) in [6.45, 7) is 2.70. The van der Waals surface area contributed by atoms with Gasteiger partial charge in [-0.15, -0.1) is 12.4 Å². The van der Waals surface area contributed by atoms with Gasteiger partial charge >= 0.3 is 0 Å². The molecule has 6 heteroatoms. The molecule has 0 saturated carbocycles.